The van der Waals surface area contributed by atoms with Crippen molar-refractivity contribution in [3.05, 3.63) is 51.2 Å². The molecule has 0 aliphatic heterocycles. The maximum Gasteiger partial charge on any atom is 0.134 e. The summed E-state index contributed by atoms with van der Waals surface area (Å²) in [5.74, 6) is 0.969. The summed E-state index contributed by atoms with van der Waals surface area (Å²) in [6, 6.07) is 8.86. The summed E-state index contributed by atoms with van der Waals surface area (Å²) in [7, 11) is 1.73. The van der Waals surface area contributed by atoms with Crippen LogP contribution in [0.3, 0.4) is 0 Å². The molecule has 19 heavy (non-hydrogen) atoms. The zero-order valence-corrected chi connectivity index (χ0v) is 12.8. The van der Waals surface area contributed by atoms with Crippen molar-refractivity contribution >= 4 is 11.3 Å². The van der Waals surface area contributed by atoms with Crippen LogP contribution in [0.1, 0.15) is 34.5 Å². The fourth-order valence-corrected chi connectivity index (χ4v) is 3.26. The highest BCUT2D eigenvalue weighted by Crippen LogP contribution is 2.36. The molecule has 0 amide bonds. The van der Waals surface area contributed by atoms with E-state index >= 15 is 0 Å². The van der Waals surface area contributed by atoms with Gasteiger partial charge in [0.1, 0.15) is 5.75 Å². The van der Waals surface area contributed by atoms with Gasteiger partial charge in [0, 0.05) is 0 Å². The molecular weight excluding hydrogens is 254 g/mol. The van der Waals surface area contributed by atoms with Crippen molar-refractivity contribution in [3.8, 4) is 5.75 Å². The van der Waals surface area contributed by atoms with Crippen molar-refractivity contribution in [3.63, 3.8) is 0 Å². The first kappa shape index (κ1) is 14.1. The average Bonchev–Trinajstić information content (AvgIpc) is 2.87. The molecule has 0 spiro atoms. The third kappa shape index (κ3) is 2.99. The first-order chi connectivity index (χ1) is 9.17. The minimum absolute atomic E-state index is 0.208. The summed E-state index contributed by atoms with van der Waals surface area (Å²) >= 11 is 1.74. The van der Waals surface area contributed by atoms with E-state index in [2.05, 4.69) is 49.7 Å². The van der Waals surface area contributed by atoms with Gasteiger partial charge in [-0.1, -0.05) is 30.7 Å². The monoisotopic (exact) mass is 275 g/mol. The van der Waals surface area contributed by atoms with E-state index in [9.17, 15) is 0 Å². The second kappa shape index (κ2) is 6.22. The Morgan fingerprint density at radius 1 is 1.26 bits per heavy atom. The normalized spacial score (nSPS) is 12.4. The van der Waals surface area contributed by atoms with Crippen LogP contribution in [0.5, 0.6) is 5.75 Å². The third-order valence-electron chi connectivity index (χ3n) is 3.29. The van der Waals surface area contributed by atoms with E-state index < -0.39 is 0 Å². The molecule has 1 atom stereocenters. The van der Waals surface area contributed by atoms with Gasteiger partial charge < -0.3 is 10.1 Å². The molecule has 1 aromatic heterocycles. The first-order valence-corrected chi connectivity index (χ1v) is 7.47. The Bertz CT molecular complexity index is 547. The van der Waals surface area contributed by atoms with E-state index in [4.69, 9.17) is 4.74 Å². The minimum atomic E-state index is 0.208. The maximum absolute atomic E-state index is 5.47. The summed E-state index contributed by atoms with van der Waals surface area (Å²) < 4.78 is 5.47. The number of methoxy groups -OCH3 is 1. The number of hydrogen-bond acceptors (Lipinski definition) is 3. The van der Waals surface area contributed by atoms with Gasteiger partial charge in [0.2, 0.25) is 0 Å². The van der Waals surface area contributed by atoms with Crippen molar-refractivity contribution in [2.24, 2.45) is 0 Å². The number of ether oxygens (including phenoxy) is 1. The van der Waals surface area contributed by atoms with Crippen molar-refractivity contribution in [1.29, 1.82) is 0 Å². The molecule has 3 heteroatoms. The van der Waals surface area contributed by atoms with Crippen molar-refractivity contribution in [2.45, 2.75) is 26.8 Å². The molecular formula is C16H21NOS. The molecule has 2 nitrogen and oxygen atoms in total. The lowest BCUT2D eigenvalue weighted by Gasteiger charge is -2.21. The molecule has 1 unspecified atom stereocenters. The predicted octanol–water partition coefficient (Wildman–Crippen LogP) is 4.07. The minimum Gasteiger partial charge on any atom is -0.496 e. The topological polar surface area (TPSA) is 21.3 Å². The van der Waals surface area contributed by atoms with Gasteiger partial charge in [-0.2, -0.15) is 0 Å². The largest absolute Gasteiger partial charge is 0.496 e. The molecule has 102 valence electrons. The maximum atomic E-state index is 5.47. The zero-order chi connectivity index (χ0) is 13.8. The Kier molecular flexibility index (Phi) is 4.61. The van der Waals surface area contributed by atoms with Crippen LogP contribution in [0.15, 0.2) is 29.6 Å². The number of aryl methyl sites for hydroxylation is 2. The van der Waals surface area contributed by atoms with Crippen LogP contribution in [-0.2, 0) is 0 Å². The van der Waals surface area contributed by atoms with Crippen LogP contribution in [-0.4, -0.2) is 13.7 Å². The number of benzene rings is 1. The fourth-order valence-electron chi connectivity index (χ4n) is 2.31. The number of rotatable bonds is 5. The van der Waals surface area contributed by atoms with E-state index in [1.54, 1.807) is 18.4 Å². The van der Waals surface area contributed by atoms with Crippen LogP contribution in [0, 0.1) is 13.8 Å². The summed E-state index contributed by atoms with van der Waals surface area (Å²) in [6.07, 6.45) is 0. The van der Waals surface area contributed by atoms with Crippen molar-refractivity contribution in [1.82, 2.24) is 5.32 Å². The van der Waals surface area contributed by atoms with E-state index in [-0.39, 0.29) is 6.04 Å². The highest BCUT2D eigenvalue weighted by Gasteiger charge is 2.20. The lowest BCUT2D eigenvalue weighted by Crippen LogP contribution is -2.22. The fraction of sp³-hybridized carbons (Fsp3) is 0.375. The quantitative estimate of drug-likeness (QED) is 0.888. The average molecular weight is 275 g/mol. The number of hydrogen-bond donors (Lipinski definition) is 1. The number of thiophene rings is 1. The van der Waals surface area contributed by atoms with Crippen LogP contribution in [0.25, 0.3) is 0 Å². The molecule has 0 saturated heterocycles. The van der Waals surface area contributed by atoms with Gasteiger partial charge in [0.25, 0.3) is 0 Å². The van der Waals surface area contributed by atoms with E-state index in [1.165, 1.54) is 21.6 Å². The molecule has 0 aliphatic carbocycles. The van der Waals surface area contributed by atoms with Crippen molar-refractivity contribution < 1.29 is 4.74 Å². The zero-order valence-electron chi connectivity index (χ0n) is 12.0. The number of nitrogens with one attached hydrogen (secondary N) is 1. The second-order valence-electron chi connectivity index (χ2n) is 4.70. The molecule has 2 rings (SSSR count). The first-order valence-electron chi connectivity index (χ1n) is 6.59. The second-order valence-corrected chi connectivity index (χ2v) is 5.65. The van der Waals surface area contributed by atoms with Gasteiger partial charge in [-0.25, -0.2) is 0 Å². The third-order valence-corrected chi connectivity index (χ3v) is 4.26. The van der Waals surface area contributed by atoms with Gasteiger partial charge >= 0.3 is 0 Å². The lowest BCUT2D eigenvalue weighted by molar-refractivity contribution is 0.407. The molecule has 0 radical (unpaired) electrons. The van der Waals surface area contributed by atoms with Gasteiger partial charge in [-0.05, 0) is 43.0 Å². The molecule has 1 heterocycles. The van der Waals surface area contributed by atoms with E-state index in [1.807, 2.05) is 6.07 Å². The van der Waals surface area contributed by atoms with Gasteiger partial charge in [0.15, 0.2) is 0 Å². The lowest BCUT2D eigenvalue weighted by atomic mass is 9.97. The molecule has 0 bridgehead atoms. The Hall–Kier alpha value is -1.32. The van der Waals surface area contributed by atoms with Gasteiger partial charge in [-0.15, -0.1) is 11.3 Å². The van der Waals surface area contributed by atoms with Crippen molar-refractivity contribution in [2.75, 3.05) is 13.7 Å². The SMILES string of the molecule is CCNC(c1cc(C)ccc1C)c1sccc1OC. The summed E-state index contributed by atoms with van der Waals surface area (Å²) in [4.78, 5) is 1.25. The molecule has 0 fully saturated rings. The Morgan fingerprint density at radius 3 is 2.74 bits per heavy atom. The summed E-state index contributed by atoms with van der Waals surface area (Å²) in [5, 5.41) is 5.66. The van der Waals surface area contributed by atoms with Crippen LogP contribution in [0.4, 0.5) is 0 Å². The predicted molar refractivity (Wildman–Crippen MR) is 82.3 cm³/mol. The van der Waals surface area contributed by atoms with E-state index in [0.29, 0.717) is 0 Å². The molecule has 1 aromatic carbocycles. The van der Waals surface area contributed by atoms with Crippen LogP contribution in [0.2, 0.25) is 0 Å². The van der Waals surface area contributed by atoms with Crippen LogP contribution >= 0.6 is 11.3 Å². The molecule has 0 aliphatic rings. The summed E-state index contributed by atoms with van der Waals surface area (Å²) in [5.41, 5.74) is 3.94. The van der Waals surface area contributed by atoms with Gasteiger partial charge in [-0.3, -0.25) is 0 Å². The van der Waals surface area contributed by atoms with Gasteiger partial charge in [0.05, 0.1) is 18.0 Å². The van der Waals surface area contributed by atoms with Crippen LogP contribution < -0.4 is 10.1 Å². The standard InChI is InChI=1S/C16H21NOS/c1-5-17-15(16-14(18-4)8-9-19-16)13-10-11(2)6-7-12(13)3/h6-10,15,17H,5H2,1-4H3. The highest BCUT2D eigenvalue weighted by molar-refractivity contribution is 7.10. The summed E-state index contributed by atoms with van der Waals surface area (Å²) in [6.45, 7) is 7.37. The molecule has 2 aromatic rings. The van der Waals surface area contributed by atoms with E-state index in [0.717, 1.165) is 12.3 Å². The Morgan fingerprint density at radius 2 is 2.05 bits per heavy atom. The Balaban J connectivity index is 2.48. The molecule has 1 N–H and O–H groups in total. The Labute approximate surface area is 119 Å². The molecule has 0 saturated carbocycles. The smallest absolute Gasteiger partial charge is 0.134 e. The highest BCUT2D eigenvalue weighted by atomic mass is 32.1.